The number of rotatable bonds is 3. The highest BCUT2D eigenvalue weighted by molar-refractivity contribution is 5.56. The monoisotopic (exact) mass is 215 g/mol. The Balaban J connectivity index is 2.10. The third-order valence-corrected chi connectivity index (χ3v) is 2.72. The Morgan fingerprint density at radius 3 is 2.25 bits per heavy atom. The molecule has 0 unspecified atom stereocenters. The molecule has 0 spiro atoms. The maximum atomic E-state index is 5.52. The van der Waals surface area contributed by atoms with Gasteiger partial charge in [0.2, 0.25) is 0 Å². The minimum atomic E-state index is 0.736. The van der Waals surface area contributed by atoms with Gasteiger partial charge in [-0.2, -0.15) is 0 Å². The van der Waals surface area contributed by atoms with Crippen LogP contribution in [0.4, 0.5) is 5.69 Å². The molecule has 84 valence electrons. The van der Waals surface area contributed by atoms with Crippen molar-refractivity contribution < 1.29 is 4.42 Å². The van der Waals surface area contributed by atoms with Gasteiger partial charge in [0.1, 0.15) is 11.5 Å². The van der Waals surface area contributed by atoms with Gasteiger partial charge < -0.3 is 9.73 Å². The lowest BCUT2D eigenvalue weighted by molar-refractivity contribution is 0.490. The van der Waals surface area contributed by atoms with Crippen molar-refractivity contribution >= 4 is 5.69 Å². The summed E-state index contributed by atoms with van der Waals surface area (Å²) in [5, 5.41) is 3.42. The highest BCUT2D eigenvalue weighted by atomic mass is 16.3. The molecule has 0 radical (unpaired) electrons. The summed E-state index contributed by atoms with van der Waals surface area (Å²) in [7, 11) is 0. The van der Waals surface area contributed by atoms with Crippen LogP contribution < -0.4 is 5.32 Å². The smallest absolute Gasteiger partial charge is 0.123 e. The number of furan rings is 1. The molecule has 0 aliphatic rings. The number of nitrogens with one attached hydrogen (secondary N) is 1. The third-order valence-electron chi connectivity index (χ3n) is 2.72. The van der Waals surface area contributed by atoms with Crippen LogP contribution in [0.5, 0.6) is 0 Å². The van der Waals surface area contributed by atoms with Gasteiger partial charge in [-0.25, -0.2) is 0 Å². The quantitative estimate of drug-likeness (QED) is 0.842. The first-order valence-electron chi connectivity index (χ1n) is 5.52. The van der Waals surface area contributed by atoms with Crippen LogP contribution >= 0.6 is 0 Å². The van der Waals surface area contributed by atoms with Crippen LogP contribution in [0.3, 0.4) is 0 Å². The van der Waals surface area contributed by atoms with Crippen molar-refractivity contribution in [2.45, 2.75) is 27.3 Å². The van der Waals surface area contributed by atoms with E-state index in [1.54, 1.807) is 0 Å². The Hall–Kier alpha value is -1.70. The summed E-state index contributed by atoms with van der Waals surface area (Å²) in [6, 6.07) is 10.3. The second kappa shape index (κ2) is 4.44. The molecule has 0 bridgehead atoms. The summed E-state index contributed by atoms with van der Waals surface area (Å²) in [5.41, 5.74) is 3.74. The molecule has 2 rings (SSSR count). The van der Waals surface area contributed by atoms with Crippen LogP contribution in [-0.2, 0) is 6.54 Å². The largest absolute Gasteiger partial charge is 0.465 e. The lowest BCUT2D eigenvalue weighted by atomic mass is 10.1. The Kier molecular flexibility index (Phi) is 3.00. The molecule has 1 aromatic carbocycles. The topological polar surface area (TPSA) is 25.2 Å². The predicted octanol–water partition coefficient (Wildman–Crippen LogP) is 3.82. The van der Waals surface area contributed by atoms with Crippen LogP contribution in [0.15, 0.2) is 34.7 Å². The zero-order chi connectivity index (χ0) is 11.5. The second-order valence-electron chi connectivity index (χ2n) is 4.13. The van der Waals surface area contributed by atoms with E-state index in [0.717, 1.165) is 18.1 Å². The molecule has 0 aliphatic carbocycles. The van der Waals surface area contributed by atoms with Gasteiger partial charge in [0.15, 0.2) is 0 Å². The van der Waals surface area contributed by atoms with Crippen molar-refractivity contribution in [2.75, 3.05) is 5.32 Å². The summed E-state index contributed by atoms with van der Waals surface area (Å²) < 4.78 is 5.52. The maximum absolute atomic E-state index is 5.52. The molecule has 16 heavy (non-hydrogen) atoms. The number of para-hydroxylation sites is 1. The van der Waals surface area contributed by atoms with Gasteiger partial charge in [-0.3, -0.25) is 0 Å². The first-order chi connectivity index (χ1) is 7.66. The third kappa shape index (κ3) is 2.27. The fourth-order valence-electron chi connectivity index (χ4n) is 1.85. The fraction of sp³-hybridized carbons (Fsp3) is 0.286. The molecule has 1 heterocycles. The van der Waals surface area contributed by atoms with Gasteiger partial charge in [-0.1, -0.05) is 18.2 Å². The van der Waals surface area contributed by atoms with Crippen molar-refractivity contribution in [3.8, 4) is 0 Å². The van der Waals surface area contributed by atoms with E-state index in [1.165, 1.54) is 16.8 Å². The number of hydrogen-bond donors (Lipinski definition) is 1. The Morgan fingerprint density at radius 2 is 1.69 bits per heavy atom. The molecule has 2 heteroatoms. The van der Waals surface area contributed by atoms with E-state index in [2.05, 4.69) is 37.4 Å². The maximum Gasteiger partial charge on any atom is 0.123 e. The highest BCUT2D eigenvalue weighted by Gasteiger charge is 2.03. The zero-order valence-electron chi connectivity index (χ0n) is 10.0. The summed E-state index contributed by atoms with van der Waals surface area (Å²) in [6.45, 7) is 6.92. The lowest BCUT2D eigenvalue weighted by Crippen LogP contribution is -2.01. The molecule has 1 aromatic heterocycles. The van der Waals surface area contributed by atoms with Gasteiger partial charge in [0.25, 0.3) is 0 Å². The summed E-state index contributed by atoms with van der Waals surface area (Å²) >= 11 is 0. The molecule has 1 N–H and O–H groups in total. The van der Waals surface area contributed by atoms with E-state index < -0.39 is 0 Å². The SMILES string of the molecule is Cc1ccc(CNc2c(C)cccc2C)o1. The van der Waals surface area contributed by atoms with Crippen LogP contribution in [0, 0.1) is 20.8 Å². The van der Waals surface area contributed by atoms with Gasteiger partial charge in [0, 0.05) is 5.69 Å². The van der Waals surface area contributed by atoms with E-state index in [1.807, 2.05) is 19.1 Å². The van der Waals surface area contributed by atoms with E-state index in [9.17, 15) is 0 Å². The van der Waals surface area contributed by atoms with Crippen molar-refractivity contribution in [1.82, 2.24) is 0 Å². The number of aryl methyl sites for hydroxylation is 3. The molecule has 0 atom stereocenters. The molecular formula is C14H17NO. The standard InChI is InChI=1S/C14H17NO/c1-10-5-4-6-11(2)14(10)15-9-13-8-7-12(3)16-13/h4-8,15H,9H2,1-3H3. The normalized spacial score (nSPS) is 10.4. The van der Waals surface area contributed by atoms with Gasteiger partial charge in [-0.15, -0.1) is 0 Å². The van der Waals surface area contributed by atoms with Gasteiger partial charge in [-0.05, 0) is 44.0 Å². The molecule has 2 aromatic rings. The average Bonchev–Trinajstić information content (AvgIpc) is 2.63. The first kappa shape index (κ1) is 10.8. The van der Waals surface area contributed by atoms with Crippen LogP contribution in [0.1, 0.15) is 22.6 Å². The van der Waals surface area contributed by atoms with Gasteiger partial charge in [0.05, 0.1) is 6.54 Å². The van der Waals surface area contributed by atoms with Crippen molar-refractivity contribution in [3.63, 3.8) is 0 Å². The molecule has 0 saturated carbocycles. The van der Waals surface area contributed by atoms with E-state index in [-0.39, 0.29) is 0 Å². The Labute approximate surface area is 96.3 Å². The molecular weight excluding hydrogens is 198 g/mol. The summed E-state index contributed by atoms with van der Waals surface area (Å²) in [5.74, 6) is 1.93. The number of hydrogen-bond acceptors (Lipinski definition) is 2. The predicted molar refractivity (Wildman–Crippen MR) is 66.7 cm³/mol. The summed E-state index contributed by atoms with van der Waals surface area (Å²) in [6.07, 6.45) is 0. The number of anilines is 1. The van der Waals surface area contributed by atoms with E-state index >= 15 is 0 Å². The molecule has 0 amide bonds. The average molecular weight is 215 g/mol. The van der Waals surface area contributed by atoms with Gasteiger partial charge >= 0.3 is 0 Å². The van der Waals surface area contributed by atoms with Crippen LogP contribution in [0.25, 0.3) is 0 Å². The minimum Gasteiger partial charge on any atom is -0.465 e. The van der Waals surface area contributed by atoms with Crippen LogP contribution in [-0.4, -0.2) is 0 Å². The lowest BCUT2D eigenvalue weighted by Gasteiger charge is -2.11. The molecule has 0 aliphatic heterocycles. The summed E-state index contributed by atoms with van der Waals surface area (Å²) in [4.78, 5) is 0. The molecule has 0 saturated heterocycles. The minimum absolute atomic E-state index is 0.736. The number of benzene rings is 1. The molecule has 2 nitrogen and oxygen atoms in total. The van der Waals surface area contributed by atoms with Crippen molar-refractivity contribution in [3.05, 3.63) is 53.0 Å². The fourth-order valence-corrected chi connectivity index (χ4v) is 1.85. The zero-order valence-corrected chi connectivity index (χ0v) is 10.0. The Bertz CT molecular complexity index is 465. The molecule has 0 fully saturated rings. The first-order valence-corrected chi connectivity index (χ1v) is 5.52. The highest BCUT2D eigenvalue weighted by Crippen LogP contribution is 2.20. The second-order valence-corrected chi connectivity index (χ2v) is 4.13. The Morgan fingerprint density at radius 1 is 1.00 bits per heavy atom. The van der Waals surface area contributed by atoms with Crippen LogP contribution in [0.2, 0.25) is 0 Å². The van der Waals surface area contributed by atoms with E-state index in [4.69, 9.17) is 4.42 Å². The van der Waals surface area contributed by atoms with Crippen molar-refractivity contribution in [1.29, 1.82) is 0 Å². The van der Waals surface area contributed by atoms with E-state index in [0.29, 0.717) is 0 Å². The van der Waals surface area contributed by atoms with Crippen molar-refractivity contribution in [2.24, 2.45) is 0 Å².